The fourth-order valence-corrected chi connectivity index (χ4v) is 2.62. The van der Waals surface area contributed by atoms with Gasteiger partial charge in [0, 0.05) is 15.1 Å². The van der Waals surface area contributed by atoms with Gasteiger partial charge in [-0.2, -0.15) is 5.10 Å². The number of aromatic nitrogens is 2. The van der Waals surface area contributed by atoms with Crippen LogP contribution >= 0.6 is 27.5 Å². The Morgan fingerprint density at radius 3 is 2.39 bits per heavy atom. The van der Waals surface area contributed by atoms with Crippen LogP contribution in [0.4, 0.5) is 0 Å². The van der Waals surface area contributed by atoms with Gasteiger partial charge in [0.05, 0.1) is 12.2 Å². The number of carboxylic acid groups (broad SMARTS) is 1. The van der Waals surface area contributed by atoms with Crippen LogP contribution in [0.15, 0.2) is 59.1 Å². The first-order valence-electron chi connectivity index (χ1n) is 6.84. The summed E-state index contributed by atoms with van der Waals surface area (Å²) in [6.07, 6.45) is 0. The average molecular weight is 392 g/mol. The molecule has 0 saturated carbocycles. The van der Waals surface area contributed by atoms with E-state index in [4.69, 9.17) is 11.6 Å². The zero-order valence-corrected chi connectivity index (χ0v) is 14.3. The van der Waals surface area contributed by atoms with Gasteiger partial charge in [0.15, 0.2) is 0 Å². The number of rotatable bonds is 4. The molecule has 0 aliphatic heterocycles. The molecule has 0 amide bonds. The number of carbonyl (C=O) groups is 1. The lowest BCUT2D eigenvalue weighted by atomic mass is 10.1. The summed E-state index contributed by atoms with van der Waals surface area (Å²) in [5.74, 6) is -1.00. The molecule has 1 aromatic heterocycles. The van der Waals surface area contributed by atoms with E-state index in [1.165, 1.54) is 4.68 Å². The van der Waals surface area contributed by atoms with Gasteiger partial charge in [0.2, 0.25) is 0 Å². The van der Waals surface area contributed by atoms with Crippen LogP contribution in [0.2, 0.25) is 5.02 Å². The number of nitrogens with zero attached hydrogens (tertiary/aromatic N) is 2. The van der Waals surface area contributed by atoms with Crippen molar-refractivity contribution in [3.8, 4) is 11.3 Å². The lowest BCUT2D eigenvalue weighted by molar-refractivity contribution is 0.0684. The molecule has 1 N–H and O–H groups in total. The van der Waals surface area contributed by atoms with Gasteiger partial charge in [-0.25, -0.2) is 4.79 Å². The zero-order valence-electron chi connectivity index (χ0n) is 11.9. The number of halogens is 2. The third kappa shape index (κ3) is 3.63. The predicted molar refractivity (Wildman–Crippen MR) is 92.9 cm³/mol. The lowest BCUT2D eigenvalue weighted by Crippen LogP contribution is -2.10. The first-order valence-corrected chi connectivity index (χ1v) is 8.01. The van der Waals surface area contributed by atoms with E-state index < -0.39 is 5.97 Å². The molecule has 0 atom stereocenters. The minimum Gasteiger partial charge on any atom is -0.477 e. The Morgan fingerprint density at radius 2 is 1.78 bits per heavy atom. The molecule has 23 heavy (non-hydrogen) atoms. The van der Waals surface area contributed by atoms with Crippen LogP contribution < -0.4 is 0 Å². The molecule has 0 bridgehead atoms. The van der Waals surface area contributed by atoms with Gasteiger partial charge in [-0.15, -0.1) is 0 Å². The van der Waals surface area contributed by atoms with Gasteiger partial charge in [-0.3, -0.25) is 4.68 Å². The molecular weight excluding hydrogens is 380 g/mol. The number of hydrogen-bond donors (Lipinski definition) is 1. The fraction of sp³-hybridized carbons (Fsp3) is 0.0588. The number of benzene rings is 2. The van der Waals surface area contributed by atoms with Crippen molar-refractivity contribution in [1.82, 2.24) is 9.78 Å². The summed E-state index contributed by atoms with van der Waals surface area (Å²) in [7, 11) is 0. The van der Waals surface area contributed by atoms with Crippen LogP contribution in [0.25, 0.3) is 11.3 Å². The summed E-state index contributed by atoms with van der Waals surface area (Å²) in [5.41, 5.74) is 2.58. The highest BCUT2D eigenvalue weighted by molar-refractivity contribution is 9.10. The van der Waals surface area contributed by atoms with Crippen LogP contribution in [0.1, 0.15) is 16.1 Å². The summed E-state index contributed by atoms with van der Waals surface area (Å²) in [6, 6.07) is 16.4. The van der Waals surface area contributed by atoms with Crippen molar-refractivity contribution in [3.05, 3.63) is 75.4 Å². The van der Waals surface area contributed by atoms with Crippen LogP contribution in [0.3, 0.4) is 0 Å². The first kappa shape index (κ1) is 15.8. The Hall–Kier alpha value is -2.11. The Labute approximate surface area is 146 Å². The molecule has 3 rings (SSSR count). The molecule has 0 unspecified atom stereocenters. The molecule has 0 radical (unpaired) electrons. The van der Waals surface area contributed by atoms with Gasteiger partial charge < -0.3 is 5.11 Å². The number of aromatic carboxylic acids is 1. The minimum atomic E-state index is -1.00. The lowest BCUT2D eigenvalue weighted by Gasteiger charge is -2.05. The second-order valence-corrected chi connectivity index (χ2v) is 6.36. The van der Waals surface area contributed by atoms with Crippen LogP contribution in [0.5, 0.6) is 0 Å². The Morgan fingerprint density at radius 1 is 1.13 bits per heavy atom. The third-order valence-electron chi connectivity index (χ3n) is 3.38. The average Bonchev–Trinajstić information content (AvgIpc) is 2.94. The molecule has 0 saturated heterocycles. The van der Waals surface area contributed by atoms with Crippen molar-refractivity contribution in [2.24, 2.45) is 0 Å². The maximum Gasteiger partial charge on any atom is 0.354 e. The molecule has 4 nitrogen and oxygen atoms in total. The molecule has 1 heterocycles. The Kier molecular flexibility index (Phi) is 4.50. The van der Waals surface area contributed by atoms with E-state index in [1.807, 2.05) is 36.4 Å². The summed E-state index contributed by atoms with van der Waals surface area (Å²) >= 11 is 9.25. The minimum absolute atomic E-state index is 0.151. The second-order valence-electron chi connectivity index (χ2n) is 5.01. The van der Waals surface area contributed by atoms with Crippen molar-refractivity contribution in [2.75, 3.05) is 0 Å². The summed E-state index contributed by atoms with van der Waals surface area (Å²) in [4.78, 5) is 11.5. The molecule has 2 aromatic carbocycles. The topological polar surface area (TPSA) is 55.1 Å². The van der Waals surface area contributed by atoms with Gasteiger partial charge in [0.25, 0.3) is 0 Å². The zero-order chi connectivity index (χ0) is 16.4. The first-order chi connectivity index (χ1) is 11.0. The normalized spacial score (nSPS) is 10.7. The highest BCUT2D eigenvalue weighted by Gasteiger charge is 2.15. The molecule has 0 aliphatic carbocycles. The van der Waals surface area contributed by atoms with Crippen LogP contribution in [0, 0.1) is 0 Å². The molecule has 0 aliphatic rings. The molecule has 3 aromatic rings. The molecule has 116 valence electrons. The van der Waals surface area contributed by atoms with E-state index in [-0.39, 0.29) is 5.69 Å². The Bertz CT molecular complexity index is 842. The van der Waals surface area contributed by atoms with E-state index >= 15 is 0 Å². The van der Waals surface area contributed by atoms with Gasteiger partial charge in [0.1, 0.15) is 5.69 Å². The van der Waals surface area contributed by atoms with Gasteiger partial charge in [-0.05, 0) is 35.9 Å². The monoisotopic (exact) mass is 390 g/mol. The van der Waals surface area contributed by atoms with E-state index in [0.29, 0.717) is 17.3 Å². The van der Waals surface area contributed by atoms with Crippen molar-refractivity contribution in [1.29, 1.82) is 0 Å². The number of hydrogen-bond acceptors (Lipinski definition) is 2. The SMILES string of the molecule is O=C(O)c1cc(-c2ccc(Br)cc2)nn1Cc1ccc(Cl)cc1. The number of carboxylic acids is 1. The Balaban J connectivity index is 1.97. The second kappa shape index (κ2) is 6.56. The quantitative estimate of drug-likeness (QED) is 0.700. The molecular formula is C17H12BrClN2O2. The van der Waals surface area contributed by atoms with Crippen molar-refractivity contribution in [2.45, 2.75) is 6.54 Å². The fourth-order valence-electron chi connectivity index (χ4n) is 2.23. The summed E-state index contributed by atoms with van der Waals surface area (Å²) in [6.45, 7) is 0.370. The van der Waals surface area contributed by atoms with Crippen molar-refractivity contribution < 1.29 is 9.90 Å². The molecule has 0 spiro atoms. The predicted octanol–water partition coefficient (Wildman–Crippen LogP) is 4.71. The largest absolute Gasteiger partial charge is 0.477 e. The summed E-state index contributed by atoms with van der Waals surface area (Å²) < 4.78 is 2.45. The van der Waals surface area contributed by atoms with E-state index in [2.05, 4.69) is 21.0 Å². The molecule has 6 heteroatoms. The van der Waals surface area contributed by atoms with Gasteiger partial charge >= 0.3 is 5.97 Å². The maximum absolute atomic E-state index is 11.5. The van der Waals surface area contributed by atoms with Gasteiger partial charge in [-0.1, -0.05) is 51.8 Å². The van der Waals surface area contributed by atoms with E-state index in [9.17, 15) is 9.90 Å². The van der Waals surface area contributed by atoms with Crippen LogP contribution in [-0.2, 0) is 6.54 Å². The smallest absolute Gasteiger partial charge is 0.354 e. The molecule has 0 fully saturated rings. The van der Waals surface area contributed by atoms with Crippen molar-refractivity contribution in [3.63, 3.8) is 0 Å². The van der Waals surface area contributed by atoms with E-state index in [1.54, 1.807) is 18.2 Å². The highest BCUT2D eigenvalue weighted by Crippen LogP contribution is 2.22. The van der Waals surface area contributed by atoms with Crippen LogP contribution in [-0.4, -0.2) is 20.9 Å². The standard InChI is InChI=1S/C17H12BrClN2O2/c18-13-5-3-12(4-6-13)15-9-16(17(22)23)21(20-15)10-11-1-7-14(19)8-2-11/h1-9H,10H2,(H,22,23). The highest BCUT2D eigenvalue weighted by atomic mass is 79.9. The van der Waals surface area contributed by atoms with Crippen molar-refractivity contribution >= 4 is 33.5 Å². The van der Waals surface area contributed by atoms with E-state index in [0.717, 1.165) is 15.6 Å². The maximum atomic E-state index is 11.5. The summed E-state index contributed by atoms with van der Waals surface area (Å²) in [5, 5.41) is 14.5. The third-order valence-corrected chi connectivity index (χ3v) is 4.17.